The number of hydrogen-bond donors (Lipinski definition) is 1. The second kappa shape index (κ2) is 4.67. The van der Waals surface area contributed by atoms with Crippen LogP contribution in [0.15, 0.2) is 42.6 Å². The normalized spacial score (nSPS) is 27.9. The molecule has 1 N–H and O–H groups in total. The first-order valence-electron chi connectivity index (χ1n) is 7.28. The van der Waals surface area contributed by atoms with Crippen molar-refractivity contribution in [3.63, 3.8) is 0 Å². The molecule has 3 heterocycles. The lowest BCUT2D eigenvalue weighted by Gasteiger charge is -2.20. The van der Waals surface area contributed by atoms with Gasteiger partial charge in [-0.1, -0.05) is 30.3 Å². The Morgan fingerprint density at radius 1 is 1.15 bits per heavy atom. The fourth-order valence-corrected chi connectivity index (χ4v) is 3.68. The first kappa shape index (κ1) is 12.0. The van der Waals surface area contributed by atoms with Crippen LogP contribution in [0.3, 0.4) is 0 Å². The Morgan fingerprint density at radius 2 is 2.00 bits per heavy atom. The summed E-state index contributed by atoms with van der Waals surface area (Å²) < 4.78 is 14.0. The molecule has 2 aromatic rings. The molecule has 1 aromatic carbocycles. The standard InChI is InChI=1S/C17H17FN2/c18-17-15(11-4-2-1-3-5-11)8-12(10-19-17)14-9-13-6-7-16(14)20-13/h1-5,8,10,13-14,16,20H,6-7,9H2/i18-1. The number of aromatic nitrogens is 1. The Morgan fingerprint density at radius 3 is 2.70 bits per heavy atom. The van der Waals surface area contributed by atoms with Gasteiger partial charge in [0.1, 0.15) is 0 Å². The molecular formula is C17H17FN2. The Bertz CT molecular complexity index is 626. The number of rotatable bonds is 2. The zero-order valence-electron chi connectivity index (χ0n) is 11.2. The summed E-state index contributed by atoms with van der Waals surface area (Å²) in [5.41, 5.74) is 2.69. The fourth-order valence-electron chi connectivity index (χ4n) is 3.68. The zero-order valence-corrected chi connectivity index (χ0v) is 11.2. The first-order chi connectivity index (χ1) is 9.81. The third kappa shape index (κ3) is 1.93. The summed E-state index contributed by atoms with van der Waals surface area (Å²) in [6.45, 7) is 0. The summed E-state index contributed by atoms with van der Waals surface area (Å²) in [5.74, 6) is 0.111. The van der Waals surface area contributed by atoms with Gasteiger partial charge in [0.25, 0.3) is 0 Å². The fraction of sp³-hybridized carbons (Fsp3) is 0.353. The Hall–Kier alpha value is -1.74. The lowest BCUT2D eigenvalue weighted by molar-refractivity contribution is 0.502. The smallest absolute Gasteiger partial charge is 0.220 e. The average molecular weight is 267 g/mol. The van der Waals surface area contributed by atoms with Crippen LogP contribution in [-0.2, 0) is 0 Å². The van der Waals surface area contributed by atoms with Crippen LogP contribution in [0.2, 0.25) is 0 Å². The molecule has 2 bridgehead atoms. The molecule has 0 radical (unpaired) electrons. The Kier molecular flexibility index (Phi) is 2.81. The van der Waals surface area contributed by atoms with Crippen molar-refractivity contribution in [3.05, 3.63) is 54.1 Å². The highest BCUT2D eigenvalue weighted by molar-refractivity contribution is 5.63. The van der Waals surface area contributed by atoms with E-state index in [2.05, 4.69) is 10.3 Å². The number of benzene rings is 1. The van der Waals surface area contributed by atoms with E-state index in [1.54, 1.807) is 6.20 Å². The molecule has 2 saturated heterocycles. The van der Waals surface area contributed by atoms with Crippen molar-refractivity contribution in [2.45, 2.75) is 37.3 Å². The molecule has 0 aliphatic carbocycles. The molecule has 2 fully saturated rings. The van der Waals surface area contributed by atoms with E-state index < -0.39 is 0 Å². The predicted molar refractivity (Wildman–Crippen MR) is 76.9 cm³/mol. The molecule has 0 amide bonds. The summed E-state index contributed by atoms with van der Waals surface area (Å²) in [7, 11) is 0. The van der Waals surface area contributed by atoms with Gasteiger partial charge < -0.3 is 5.32 Å². The summed E-state index contributed by atoms with van der Waals surface area (Å²) in [6.07, 6.45) is 5.38. The second-order valence-corrected chi connectivity index (χ2v) is 5.86. The monoisotopic (exact) mass is 267 g/mol. The average Bonchev–Trinajstić information content (AvgIpc) is 3.11. The quantitative estimate of drug-likeness (QED) is 0.842. The highest BCUT2D eigenvalue weighted by Gasteiger charge is 2.39. The van der Waals surface area contributed by atoms with Gasteiger partial charge in [-0.05, 0) is 36.5 Å². The van der Waals surface area contributed by atoms with Crippen LogP contribution in [0.25, 0.3) is 11.1 Å². The van der Waals surface area contributed by atoms with Crippen LogP contribution < -0.4 is 5.32 Å². The van der Waals surface area contributed by atoms with Gasteiger partial charge in [0.05, 0.1) is 0 Å². The first-order valence-corrected chi connectivity index (χ1v) is 7.28. The van der Waals surface area contributed by atoms with Crippen molar-refractivity contribution in [2.75, 3.05) is 0 Å². The molecule has 3 unspecified atom stereocenters. The highest BCUT2D eigenvalue weighted by Crippen LogP contribution is 2.40. The summed E-state index contributed by atoms with van der Waals surface area (Å²) in [5, 5.41) is 3.63. The van der Waals surface area contributed by atoms with Crippen molar-refractivity contribution >= 4 is 0 Å². The van der Waals surface area contributed by atoms with Crippen LogP contribution >= 0.6 is 0 Å². The van der Waals surface area contributed by atoms with Crippen LogP contribution in [0.4, 0.5) is 4.39 Å². The van der Waals surface area contributed by atoms with Gasteiger partial charge in [-0.3, -0.25) is 0 Å². The summed E-state index contributed by atoms with van der Waals surface area (Å²) in [6, 6.07) is 12.9. The predicted octanol–water partition coefficient (Wildman–Crippen LogP) is 3.50. The minimum atomic E-state index is -0.379. The Balaban J connectivity index is 1.72. The molecule has 4 rings (SSSR count). The molecule has 2 nitrogen and oxygen atoms in total. The number of pyridine rings is 1. The Labute approximate surface area is 118 Å². The molecular weight excluding hydrogens is 250 g/mol. The van der Waals surface area contributed by atoms with Gasteiger partial charge in [0.15, 0.2) is 0 Å². The van der Waals surface area contributed by atoms with Gasteiger partial charge in [0.2, 0.25) is 5.95 Å². The highest BCUT2D eigenvalue weighted by atomic mass is 18.2. The van der Waals surface area contributed by atoms with Crippen molar-refractivity contribution in [3.8, 4) is 11.1 Å². The van der Waals surface area contributed by atoms with Gasteiger partial charge in [-0.2, -0.15) is 4.39 Å². The molecule has 3 atom stereocenters. The third-order valence-electron chi connectivity index (χ3n) is 4.67. The van der Waals surface area contributed by atoms with Gasteiger partial charge in [-0.25, -0.2) is 4.98 Å². The van der Waals surface area contributed by atoms with E-state index in [1.165, 1.54) is 18.4 Å². The molecule has 2 aliphatic rings. The molecule has 20 heavy (non-hydrogen) atoms. The number of nitrogens with one attached hydrogen (secondary N) is 1. The SMILES string of the molecule is [18F]c1ncc(C2CC3CCC2N3)cc1-c1ccccc1. The van der Waals surface area contributed by atoms with E-state index in [0.717, 1.165) is 12.0 Å². The number of fused-ring (bicyclic) bond motifs is 2. The van der Waals surface area contributed by atoms with Gasteiger partial charge >= 0.3 is 0 Å². The van der Waals surface area contributed by atoms with E-state index in [9.17, 15) is 4.39 Å². The molecule has 0 saturated carbocycles. The van der Waals surface area contributed by atoms with E-state index in [4.69, 9.17) is 0 Å². The van der Waals surface area contributed by atoms with Crippen molar-refractivity contribution in [1.82, 2.24) is 10.3 Å². The maximum atomic E-state index is 14.0. The minimum Gasteiger partial charge on any atom is -0.311 e. The van der Waals surface area contributed by atoms with Crippen LogP contribution in [0.1, 0.15) is 30.7 Å². The largest absolute Gasteiger partial charge is 0.311 e. The minimum absolute atomic E-state index is 0.379. The van der Waals surface area contributed by atoms with Crippen molar-refractivity contribution < 1.29 is 4.39 Å². The maximum Gasteiger partial charge on any atom is 0.220 e. The van der Waals surface area contributed by atoms with E-state index in [-0.39, 0.29) is 5.95 Å². The van der Waals surface area contributed by atoms with Crippen LogP contribution in [0.5, 0.6) is 0 Å². The number of halogens is 1. The number of hydrogen-bond acceptors (Lipinski definition) is 2. The van der Waals surface area contributed by atoms with E-state index >= 15 is 0 Å². The van der Waals surface area contributed by atoms with Crippen LogP contribution in [-0.4, -0.2) is 17.1 Å². The molecule has 1 aromatic heterocycles. The summed E-state index contributed by atoms with van der Waals surface area (Å²) >= 11 is 0. The lowest BCUT2D eigenvalue weighted by Crippen LogP contribution is -2.21. The topological polar surface area (TPSA) is 24.9 Å². The number of nitrogens with zero attached hydrogens (tertiary/aromatic N) is 1. The molecule has 2 aliphatic heterocycles. The summed E-state index contributed by atoms with van der Waals surface area (Å²) in [4.78, 5) is 3.99. The zero-order chi connectivity index (χ0) is 13.5. The maximum absolute atomic E-state index is 14.0. The van der Waals surface area contributed by atoms with E-state index in [0.29, 0.717) is 23.6 Å². The lowest BCUT2D eigenvalue weighted by atomic mass is 9.84. The van der Waals surface area contributed by atoms with Gasteiger partial charge in [-0.15, -0.1) is 0 Å². The molecule has 0 spiro atoms. The van der Waals surface area contributed by atoms with Crippen molar-refractivity contribution in [2.24, 2.45) is 0 Å². The van der Waals surface area contributed by atoms with Gasteiger partial charge in [0, 0.05) is 29.8 Å². The molecule has 102 valence electrons. The third-order valence-corrected chi connectivity index (χ3v) is 4.67. The van der Waals surface area contributed by atoms with Crippen LogP contribution in [0, 0.1) is 5.95 Å². The van der Waals surface area contributed by atoms with E-state index in [1.807, 2.05) is 36.4 Å². The molecule has 3 heteroatoms. The van der Waals surface area contributed by atoms with Crippen molar-refractivity contribution in [1.29, 1.82) is 0 Å². The second-order valence-electron chi connectivity index (χ2n) is 5.86.